The zero-order valence-corrected chi connectivity index (χ0v) is 11.9. The van der Waals surface area contributed by atoms with Crippen LogP contribution in [0.5, 0.6) is 5.75 Å². The molecule has 20 heavy (non-hydrogen) atoms. The van der Waals surface area contributed by atoms with Crippen molar-refractivity contribution in [3.63, 3.8) is 0 Å². The van der Waals surface area contributed by atoms with Crippen molar-refractivity contribution >= 4 is 23.0 Å². The van der Waals surface area contributed by atoms with Gasteiger partial charge in [-0.3, -0.25) is 0 Å². The molecule has 1 aliphatic heterocycles. The van der Waals surface area contributed by atoms with Gasteiger partial charge in [0.1, 0.15) is 12.4 Å². The highest BCUT2D eigenvalue weighted by Crippen LogP contribution is 2.40. The van der Waals surface area contributed by atoms with Crippen LogP contribution in [0, 0.1) is 0 Å². The van der Waals surface area contributed by atoms with Gasteiger partial charge in [0.15, 0.2) is 0 Å². The van der Waals surface area contributed by atoms with Crippen molar-refractivity contribution in [2.45, 2.75) is 13.0 Å². The van der Waals surface area contributed by atoms with Crippen molar-refractivity contribution in [3.8, 4) is 5.75 Å². The lowest BCUT2D eigenvalue weighted by atomic mass is 10.1. The summed E-state index contributed by atoms with van der Waals surface area (Å²) in [5, 5.41) is 0.712. The number of benzene rings is 2. The van der Waals surface area contributed by atoms with E-state index in [0.29, 0.717) is 18.2 Å². The molecule has 2 aromatic rings. The van der Waals surface area contributed by atoms with Crippen molar-refractivity contribution in [1.82, 2.24) is 0 Å². The first kappa shape index (κ1) is 13.3. The van der Waals surface area contributed by atoms with Crippen LogP contribution in [-0.2, 0) is 6.61 Å². The number of nitrogens with two attached hydrogens (primary N) is 1. The fraction of sp³-hybridized carbons (Fsp3) is 0.250. The van der Waals surface area contributed by atoms with Crippen molar-refractivity contribution in [2.24, 2.45) is 5.73 Å². The Kier molecular flexibility index (Phi) is 3.81. The smallest absolute Gasteiger partial charge is 0.143 e. The van der Waals surface area contributed by atoms with Crippen LogP contribution >= 0.6 is 11.6 Å². The molecule has 0 bridgehead atoms. The van der Waals surface area contributed by atoms with Gasteiger partial charge in [0.05, 0.1) is 5.69 Å². The van der Waals surface area contributed by atoms with Crippen molar-refractivity contribution < 1.29 is 4.74 Å². The van der Waals surface area contributed by atoms with Crippen LogP contribution in [0.4, 0.5) is 11.4 Å². The molecule has 0 aromatic heterocycles. The largest absolute Gasteiger partial charge is 0.487 e. The Morgan fingerprint density at radius 3 is 2.85 bits per heavy atom. The summed E-state index contributed by atoms with van der Waals surface area (Å²) < 4.78 is 5.91. The Balaban J connectivity index is 2.10. The zero-order chi connectivity index (χ0) is 13.9. The number of hydrogen-bond acceptors (Lipinski definition) is 3. The first-order valence-electron chi connectivity index (χ1n) is 6.77. The third-order valence-electron chi connectivity index (χ3n) is 3.46. The number of rotatable bonds is 3. The van der Waals surface area contributed by atoms with Gasteiger partial charge in [0, 0.05) is 22.8 Å². The topological polar surface area (TPSA) is 38.5 Å². The lowest BCUT2D eigenvalue weighted by Crippen LogP contribution is -2.21. The van der Waals surface area contributed by atoms with Crippen LogP contribution in [-0.4, -0.2) is 13.1 Å². The summed E-state index contributed by atoms with van der Waals surface area (Å²) in [5.74, 6) is 0.864. The summed E-state index contributed by atoms with van der Waals surface area (Å²) in [4.78, 5) is 2.25. The van der Waals surface area contributed by atoms with Crippen LogP contribution in [0.2, 0.25) is 5.02 Å². The van der Waals surface area contributed by atoms with Gasteiger partial charge in [0.2, 0.25) is 0 Å². The molecule has 3 nitrogen and oxygen atoms in total. The van der Waals surface area contributed by atoms with Crippen molar-refractivity contribution in [1.29, 1.82) is 0 Å². The van der Waals surface area contributed by atoms with E-state index in [1.54, 1.807) is 0 Å². The van der Waals surface area contributed by atoms with E-state index < -0.39 is 0 Å². The van der Waals surface area contributed by atoms with E-state index in [1.807, 2.05) is 30.3 Å². The summed E-state index contributed by atoms with van der Waals surface area (Å²) in [7, 11) is 0. The van der Waals surface area contributed by atoms with Gasteiger partial charge >= 0.3 is 0 Å². The molecule has 0 spiro atoms. The van der Waals surface area contributed by atoms with Crippen LogP contribution in [0.25, 0.3) is 0 Å². The maximum absolute atomic E-state index is 6.15. The Hall–Kier alpha value is -1.71. The molecular weight excluding hydrogens is 272 g/mol. The number of ether oxygens (including phenoxy) is 1. The minimum atomic E-state index is 0.573. The van der Waals surface area contributed by atoms with Crippen LogP contribution in [0.1, 0.15) is 12.0 Å². The molecule has 0 aliphatic carbocycles. The van der Waals surface area contributed by atoms with Crippen LogP contribution in [0.15, 0.2) is 42.5 Å². The maximum atomic E-state index is 6.15. The lowest BCUT2D eigenvalue weighted by molar-refractivity contribution is 0.310. The van der Waals surface area contributed by atoms with Gasteiger partial charge in [-0.2, -0.15) is 0 Å². The number of hydrogen-bond donors (Lipinski definition) is 1. The highest BCUT2D eigenvalue weighted by atomic mass is 35.5. The number of fused-ring (bicyclic) bond motifs is 2. The zero-order valence-electron chi connectivity index (χ0n) is 11.2. The van der Waals surface area contributed by atoms with Crippen LogP contribution in [0.3, 0.4) is 0 Å². The maximum Gasteiger partial charge on any atom is 0.143 e. The number of halogens is 1. The molecule has 4 heteroatoms. The molecule has 0 atom stereocenters. The second-order valence-corrected chi connectivity index (χ2v) is 5.26. The number of para-hydroxylation sites is 1. The average Bonchev–Trinajstić information content (AvgIpc) is 2.62. The van der Waals surface area contributed by atoms with Gasteiger partial charge in [-0.1, -0.05) is 29.8 Å². The number of anilines is 2. The van der Waals surface area contributed by atoms with E-state index in [2.05, 4.69) is 17.0 Å². The average molecular weight is 289 g/mol. The molecule has 104 valence electrons. The Bertz CT molecular complexity index is 615. The second-order valence-electron chi connectivity index (χ2n) is 4.82. The SMILES string of the molecule is NCCCN1c2ccccc2COc2ccc(Cl)cc21. The second kappa shape index (κ2) is 5.73. The Morgan fingerprint density at radius 2 is 2.00 bits per heavy atom. The Labute approximate surface area is 123 Å². The highest BCUT2D eigenvalue weighted by Gasteiger charge is 2.21. The molecule has 1 heterocycles. The molecule has 0 radical (unpaired) electrons. The molecule has 1 aliphatic rings. The predicted octanol–water partition coefficient (Wildman–Crippen LogP) is 3.72. The number of nitrogens with zero attached hydrogens (tertiary/aromatic N) is 1. The quantitative estimate of drug-likeness (QED) is 0.935. The standard InChI is InChI=1S/C16H17ClN2O/c17-13-6-7-16-15(10-13)19(9-3-8-18)14-5-2-1-4-12(14)11-20-16/h1-2,4-7,10H,3,8-9,11,18H2. The fourth-order valence-corrected chi connectivity index (χ4v) is 2.66. The molecule has 0 amide bonds. The van der Waals surface area contributed by atoms with E-state index in [-0.39, 0.29) is 0 Å². The van der Waals surface area contributed by atoms with Gasteiger partial charge in [-0.15, -0.1) is 0 Å². The molecule has 0 saturated heterocycles. The first-order chi connectivity index (χ1) is 9.79. The fourth-order valence-electron chi connectivity index (χ4n) is 2.50. The summed E-state index contributed by atoms with van der Waals surface area (Å²) in [5.41, 5.74) is 9.03. The van der Waals surface area contributed by atoms with Crippen LogP contribution < -0.4 is 15.4 Å². The van der Waals surface area contributed by atoms with Gasteiger partial charge in [-0.05, 0) is 37.2 Å². The molecular formula is C16H17ClN2O. The predicted molar refractivity (Wildman–Crippen MR) is 82.9 cm³/mol. The van der Waals surface area contributed by atoms with E-state index in [4.69, 9.17) is 22.1 Å². The first-order valence-corrected chi connectivity index (χ1v) is 7.15. The highest BCUT2D eigenvalue weighted by molar-refractivity contribution is 6.31. The molecule has 0 fully saturated rings. The molecule has 3 rings (SSSR count). The minimum Gasteiger partial charge on any atom is -0.487 e. The van der Waals surface area contributed by atoms with E-state index >= 15 is 0 Å². The normalized spacial score (nSPS) is 13.2. The molecule has 0 unspecified atom stereocenters. The van der Waals surface area contributed by atoms with Crippen molar-refractivity contribution in [3.05, 3.63) is 53.1 Å². The minimum absolute atomic E-state index is 0.573. The third-order valence-corrected chi connectivity index (χ3v) is 3.70. The van der Waals surface area contributed by atoms with E-state index in [1.165, 1.54) is 11.3 Å². The molecule has 0 saturated carbocycles. The Morgan fingerprint density at radius 1 is 1.15 bits per heavy atom. The molecule has 2 N–H and O–H groups in total. The van der Waals surface area contributed by atoms with Gasteiger partial charge < -0.3 is 15.4 Å². The third kappa shape index (κ3) is 2.47. The van der Waals surface area contributed by atoms with E-state index in [0.717, 1.165) is 24.4 Å². The molecule has 2 aromatic carbocycles. The van der Waals surface area contributed by atoms with Gasteiger partial charge in [0.25, 0.3) is 0 Å². The lowest BCUT2D eigenvalue weighted by Gasteiger charge is -2.25. The summed E-state index contributed by atoms with van der Waals surface area (Å²) >= 11 is 6.15. The summed E-state index contributed by atoms with van der Waals surface area (Å²) in [6.07, 6.45) is 0.917. The summed E-state index contributed by atoms with van der Waals surface area (Å²) in [6, 6.07) is 14.0. The van der Waals surface area contributed by atoms with Gasteiger partial charge in [-0.25, -0.2) is 0 Å². The van der Waals surface area contributed by atoms with Crippen molar-refractivity contribution in [2.75, 3.05) is 18.0 Å². The summed E-state index contributed by atoms with van der Waals surface area (Å²) in [6.45, 7) is 2.09. The van der Waals surface area contributed by atoms with E-state index in [9.17, 15) is 0 Å². The monoisotopic (exact) mass is 288 g/mol.